The van der Waals surface area contributed by atoms with Gasteiger partial charge in [-0.05, 0) is 65.5 Å². The second-order valence-corrected chi connectivity index (χ2v) is 6.81. The third-order valence-corrected chi connectivity index (χ3v) is 4.61. The summed E-state index contributed by atoms with van der Waals surface area (Å²) in [5.74, 6) is 0.778. The van der Waals surface area contributed by atoms with Gasteiger partial charge >= 0.3 is 0 Å². The van der Waals surface area contributed by atoms with Crippen molar-refractivity contribution in [2.45, 2.75) is 51.0 Å². The quantitative estimate of drug-likeness (QED) is 0.631. The summed E-state index contributed by atoms with van der Waals surface area (Å²) in [7, 11) is 0. The minimum Gasteiger partial charge on any atom is -0.390 e. The Morgan fingerprint density at radius 2 is 1.94 bits per heavy atom. The van der Waals surface area contributed by atoms with Crippen molar-refractivity contribution in [1.82, 2.24) is 0 Å². The first-order valence-corrected chi connectivity index (χ1v) is 7.62. The summed E-state index contributed by atoms with van der Waals surface area (Å²) in [6.45, 7) is 2.30. The zero-order chi connectivity index (χ0) is 12.3. The summed E-state index contributed by atoms with van der Waals surface area (Å²) >= 11 is 2.32. The molecule has 1 fully saturated rings. The van der Waals surface area contributed by atoms with Gasteiger partial charge in [0.1, 0.15) is 0 Å². The van der Waals surface area contributed by atoms with E-state index in [0.29, 0.717) is 0 Å². The van der Waals surface area contributed by atoms with Crippen LogP contribution in [0.1, 0.15) is 44.6 Å². The van der Waals surface area contributed by atoms with Gasteiger partial charge in [-0.3, -0.25) is 0 Å². The molecule has 1 aromatic carbocycles. The van der Waals surface area contributed by atoms with E-state index in [0.717, 1.165) is 25.2 Å². The molecule has 1 aliphatic carbocycles. The molecule has 0 spiro atoms. The molecule has 1 aromatic rings. The van der Waals surface area contributed by atoms with Crippen molar-refractivity contribution in [2.24, 2.45) is 5.92 Å². The lowest BCUT2D eigenvalue weighted by Crippen LogP contribution is -2.30. The second-order valence-electron chi connectivity index (χ2n) is 5.56. The molecule has 0 aliphatic heterocycles. The minimum absolute atomic E-state index is 0.461. The molecule has 0 bridgehead atoms. The van der Waals surface area contributed by atoms with E-state index in [-0.39, 0.29) is 0 Å². The third kappa shape index (κ3) is 3.95. The Labute approximate surface area is 118 Å². The van der Waals surface area contributed by atoms with Crippen LogP contribution in [0, 0.1) is 9.49 Å². The minimum atomic E-state index is -0.461. The topological polar surface area (TPSA) is 20.2 Å². The molecule has 1 saturated carbocycles. The van der Waals surface area contributed by atoms with Crippen LogP contribution < -0.4 is 0 Å². The Kier molecular flexibility index (Phi) is 4.47. The molecule has 0 aromatic heterocycles. The van der Waals surface area contributed by atoms with Gasteiger partial charge in [-0.25, -0.2) is 0 Å². The Hall–Kier alpha value is -0.0900. The van der Waals surface area contributed by atoms with Crippen molar-refractivity contribution in [3.05, 3.63) is 33.4 Å². The lowest BCUT2D eigenvalue weighted by atomic mass is 9.87. The maximum atomic E-state index is 10.7. The number of hydrogen-bond acceptors (Lipinski definition) is 1. The Morgan fingerprint density at radius 1 is 1.24 bits per heavy atom. The first-order valence-electron chi connectivity index (χ1n) is 6.54. The number of benzene rings is 1. The van der Waals surface area contributed by atoms with E-state index in [1.54, 1.807) is 0 Å². The maximum absolute atomic E-state index is 10.7. The molecular weight excluding hydrogens is 323 g/mol. The molecule has 2 atom stereocenters. The SMILES string of the molecule is CC1CCCC(O)(Cc2ccc(I)cc2)CC1. The highest BCUT2D eigenvalue weighted by Gasteiger charge is 2.29. The van der Waals surface area contributed by atoms with E-state index in [2.05, 4.69) is 53.8 Å². The fourth-order valence-electron chi connectivity index (χ4n) is 2.72. The molecule has 0 radical (unpaired) electrons. The summed E-state index contributed by atoms with van der Waals surface area (Å²) in [4.78, 5) is 0. The molecule has 0 saturated heterocycles. The predicted octanol–water partition coefficient (Wildman–Crippen LogP) is 4.17. The van der Waals surface area contributed by atoms with Gasteiger partial charge in [0.25, 0.3) is 0 Å². The van der Waals surface area contributed by atoms with Gasteiger partial charge in [0.15, 0.2) is 0 Å². The van der Waals surface area contributed by atoms with E-state index < -0.39 is 5.60 Å². The second kappa shape index (κ2) is 5.70. The summed E-state index contributed by atoms with van der Waals surface area (Å²) < 4.78 is 1.26. The van der Waals surface area contributed by atoms with E-state index in [1.807, 2.05) is 0 Å². The molecule has 2 unspecified atom stereocenters. The lowest BCUT2D eigenvalue weighted by molar-refractivity contribution is 0.0244. The summed E-state index contributed by atoms with van der Waals surface area (Å²) in [5, 5.41) is 10.7. The molecule has 2 rings (SSSR count). The largest absolute Gasteiger partial charge is 0.390 e. The average molecular weight is 344 g/mol. The van der Waals surface area contributed by atoms with Crippen LogP contribution in [-0.2, 0) is 6.42 Å². The molecule has 1 N–H and O–H groups in total. The standard InChI is InChI=1S/C15H21IO/c1-12-3-2-9-15(17,10-8-12)11-13-4-6-14(16)7-5-13/h4-7,12,17H,2-3,8-11H2,1H3. The van der Waals surface area contributed by atoms with Crippen LogP contribution in [0.4, 0.5) is 0 Å². The molecule has 1 nitrogen and oxygen atoms in total. The van der Waals surface area contributed by atoms with Crippen molar-refractivity contribution in [2.75, 3.05) is 0 Å². The molecule has 94 valence electrons. The van der Waals surface area contributed by atoms with Gasteiger partial charge in [-0.15, -0.1) is 0 Å². The smallest absolute Gasteiger partial charge is 0.0688 e. The molecule has 17 heavy (non-hydrogen) atoms. The fraction of sp³-hybridized carbons (Fsp3) is 0.600. The van der Waals surface area contributed by atoms with Crippen LogP contribution in [0.3, 0.4) is 0 Å². The first kappa shape index (κ1) is 13.3. The van der Waals surface area contributed by atoms with Crippen molar-refractivity contribution >= 4 is 22.6 Å². The number of aliphatic hydroxyl groups is 1. The zero-order valence-corrected chi connectivity index (χ0v) is 12.6. The summed E-state index contributed by atoms with van der Waals surface area (Å²) in [5.41, 5.74) is 0.805. The number of rotatable bonds is 2. The van der Waals surface area contributed by atoms with E-state index in [1.165, 1.54) is 28.4 Å². The average Bonchev–Trinajstić information content (AvgIpc) is 2.45. The van der Waals surface area contributed by atoms with E-state index in [4.69, 9.17) is 0 Å². The zero-order valence-electron chi connectivity index (χ0n) is 10.5. The molecular formula is C15H21IO. The van der Waals surface area contributed by atoms with Crippen molar-refractivity contribution in [1.29, 1.82) is 0 Å². The van der Waals surface area contributed by atoms with Gasteiger partial charge in [-0.2, -0.15) is 0 Å². The van der Waals surface area contributed by atoms with Crippen LogP contribution >= 0.6 is 22.6 Å². The number of hydrogen-bond donors (Lipinski definition) is 1. The molecule has 2 heteroatoms. The molecule has 0 heterocycles. The first-order chi connectivity index (χ1) is 8.07. The Morgan fingerprint density at radius 3 is 2.65 bits per heavy atom. The van der Waals surface area contributed by atoms with Crippen LogP contribution in [0.15, 0.2) is 24.3 Å². The van der Waals surface area contributed by atoms with Gasteiger partial charge in [0, 0.05) is 9.99 Å². The van der Waals surface area contributed by atoms with Crippen molar-refractivity contribution in [3.63, 3.8) is 0 Å². The lowest BCUT2D eigenvalue weighted by Gasteiger charge is -2.26. The predicted molar refractivity (Wildman–Crippen MR) is 80.1 cm³/mol. The Bertz CT molecular complexity index is 360. The normalized spacial score (nSPS) is 29.9. The molecule has 0 amide bonds. The highest BCUT2D eigenvalue weighted by Crippen LogP contribution is 2.32. The monoisotopic (exact) mass is 344 g/mol. The van der Waals surface area contributed by atoms with Crippen LogP contribution in [-0.4, -0.2) is 10.7 Å². The Balaban J connectivity index is 2.03. The summed E-state index contributed by atoms with van der Waals surface area (Å²) in [6, 6.07) is 8.54. The van der Waals surface area contributed by atoms with Gasteiger partial charge in [0.2, 0.25) is 0 Å². The summed E-state index contributed by atoms with van der Waals surface area (Å²) in [6.07, 6.45) is 6.35. The van der Waals surface area contributed by atoms with Crippen LogP contribution in [0.5, 0.6) is 0 Å². The highest BCUT2D eigenvalue weighted by atomic mass is 127. The van der Waals surface area contributed by atoms with E-state index in [9.17, 15) is 5.11 Å². The van der Waals surface area contributed by atoms with Gasteiger partial charge < -0.3 is 5.11 Å². The fourth-order valence-corrected chi connectivity index (χ4v) is 3.08. The van der Waals surface area contributed by atoms with Crippen LogP contribution in [0.25, 0.3) is 0 Å². The molecule has 1 aliphatic rings. The van der Waals surface area contributed by atoms with Crippen molar-refractivity contribution < 1.29 is 5.11 Å². The maximum Gasteiger partial charge on any atom is 0.0688 e. The number of halogens is 1. The van der Waals surface area contributed by atoms with Crippen LogP contribution in [0.2, 0.25) is 0 Å². The van der Waals surface area contributed by atoms with Gasteiger partial charge in [0.05, 0.1) is 5.60 Å². The highest BCUT2D eigenvalue weighted by molar-refractivity contribution is 14.1. The van der Waals surface area contributed by atoms with E-state index >= 15 is 0 Å². The van der Waals surface area contributed by atoms with Gasteiger partial charge in [-0.1, -0.05) is 31.9 Å². The van der Waals surface area contributed by atoms with Crippen molar-refractivity contribution in [3.8, 4) is 0 Å². The third-order valence-electron chi connectivity index (χ3n) is 3.89.